The van der Waals surface area contributed by atoms with Crippen LogP contribution in [0.15, 0.2) is 52.9 Å². The van der Waals surface area contributed by atoms with Gasteiger partial charge in [0.2, 0.25) is 11.6 Å². The maximum atomic E-state index is 13.0. The van der Waals surface area contributed by atoms with E-state index in [1.165, 1.54) is 6.07 Å². The number of phenols is 1. The number of ether oxygens (including phenoxy) is 3. The molecule has 0 aliphatic rings. The summed E-state index contributed by atoms with van der Waals surface area (Å²) < 4.78 is 22.9. The van der Waals surface area contributed by atoms with Crippen LogP contribution in [0.3, 0.4) is 0 Å². The van der Waals surface area contributed by atoms with Crippen LogP contribution in [-0.2, 0) is 0 Å². The van der Waals surface area contributed by atoms with Crippen molar-refractivity contribution in [2.75, 3.05) is 25.1 Å². The molecule has 38 heavy (non-hydrogen) atoms. The lowest BCUT2D eigenvalue weighted by Gasteiger charge is -2.17. The van der Waals surface area contributed by atoms with E-state index < -0.39 is 5.91 Å². The van der Waals surface area contributed by atoms with Gasteiger partial charge in [0.25, 0.3) is 5.91 Å². The van der Waals surface area contributed by atoms with Crippen LogP contribution in [0, 0.1) is 6.92 Å². The highest BCUT2D eigenvalue weighted by Gasteiger charge is 2.19. The Hall–Kier alpha value is -4.31. The first-order valence-electron chi connectivity index (χ1n) is 12.2. The van der Waals surface area contributed by atoms with Gasteiger partial charge in [-0.1, -0.05) is 6.07 Å². The molecule has 0 atom stereocenters. The fourth-order valence-electron chi connectivity index (χ4n) is 3.79. The number of anilines is 1. The molecule has 3 aromatic carbocycles. The summed E-state index contributed by atoms with van der Waals surface area (Å²) in [6.07, 6.45) is 0. The van der Waals surface area contributed by atoms with E-state index in [9.17, 15) is 9.90 Å². The van der Waals surface area contributed by atoms with Crippen LogP contribution in [0.5, 0.6) is 23.0 Å². The van der Waals surface area contributed by atoms with E-state index in [0.717, 1.165) is 5.56 Å². The molecule has 1 aromatic heterocycles. The average molecular weight is 536 g/mol. The summed E-state index contributed by atoms with van der Waals surface area (Å²) in [6, 6.07) is 13.6. The second-order valence-electron chi connectivity index (χ2n) is 8.23. The first-order valence-corrected chi connectivity index (χ1v) is 12.6. The molecule has 0 saturated heterocycles. The van der Waals surface area contributed by atoms with Crippen LogP contribution in [-0.4, -0.2) is 40.9 Å². The summed E-state index contributed by atoms with van der Waals surface area (Å²) in [6.45, 7) is 8.69. The van der Waals surface area contributed by atoms with E-state index in [1.54, 1.807) is 24.3 Å². The maximum absolute atomic E-state index is 13.0. The fraction of sp³-hybridized carbons (Fsp3) is 0.250. The Morgan fingerprint density at radius 3 is 2.32 bits per heavy atom. The van der Waals surface area contributed by atoms with Crippen molar-refractivity contribution < 1.29 is 28.5 Å². The van der Waals surface area contributed by atoms with Gasteiger partial charge in [-0.15, -0.1) is 0 Å². The summed E-state index contributed by atoms with van der Waals surface area (Å²) in [7, 11) is 0. The first-order chi connectivity index (χ1) is 18.3. The Kier molecular flexibility index (Phi) is 8.32. The second-order valence-corrected chi connectivity index (χ2v) is 8.64. The number of nitrogens with one attached hydrogen (secondary N) is 2. The first kappa shape index (κ1) is 26.7. The molecule has 4 rings (SSSR count). The summed E-state index contributed by atoms with van der Waals surface area (Å²) in [4.78, 5) is 17.5. The molecule has 10 heteroatoms. The summed E-state index contributed by atoms with van der Waals surface area (Å²) in [5.41, 5.74) is 3.53. The van der Waals surface area contributed by atoms with Crippen LogP contribution in [0.1, 0.15) is 36.7 Å². The molecule has 0 radical (unpaired) electrons. The van der Waals surface area contributed by atoms with Crippen molar-refractivity contribution in [1.82, 2.24) is 10.3 Å². The van der Waals surface area contributed by atoms with Gasteiger partial charge < -0.3 is 29.1 Å². The van der Waals surface area contributed by atoms with Crippen LogP contribution in [0.2, 0.25) is 0 Å². The standard InChI is InChI=1S/C28H29N3O6S/c1-5-34-23-13-17(14-24(35-6-2)25(23)36-7-3)26(33)31-28(38)29-18-9-11-21(32)19(15-18)27-30-20-10-8-16(4)12-22(20)37-27/h8-15,32H,5-7H2,1-4H3,(H2,29,31,33,38). The minimum Gasteiger partial charge on any atom is -0.507 e. The Bertz CT molecular complexity index is 1460. The Morgan fingerprint density at radius 1 is 0.974 bits per heavy atom. The van der Waals surface area contributed by atoms with Crippen molar-refractivity contribution in [2.24, 2.45) is 0 Å². The van der Waals surface area contributed by atoms with Gasteiger partial charge in [-0.25, -0.2) is 4.98 Å². The highest BCUT2D eigenvalue weighted by molar-refractivity contribution is 7.80. The largest absolute Gasteiger partial charge is 0.507 e. The molecule has 0 aliphatic heterocycles. The van der Waals surface area contributed by atoms with E-state index in [1.807, 2.05) is 45.9 Å². The Labute approximate surface area is 225 Å². The van der Waals surface area contributed by atoms with Crippen LogP contribution >= 0.6 is 12.2 Å². The third-order valence-corrected chi connectivity index (χ3v) is 5.63. The molecule has 0 unspecified atom stereocenters. The van der Waals surface area contributed by atoms with E-state index in [4.69, 9.17) is 30.8 Å². The normalized spacial score (nSPS) is 10.7. The summed E-state index contributed by atoms with van der Waals surface area (Å²) in [5, 5.41) is 16.1. The molecule has 9 nitrogen and oxygen atoms in total. The number of rotatable bonds is 9. The van der Waals surface area contributed by atoms with Gasteiger partial charge in [0.1, 0.15) is 11.3 Å². The lowest BCUT2D eigenvalue weighted by atomic mass is 10.1. The van der Waals surface area contributed by atoms with E-state index in [-0.39, 0.29) is 22.3 Å². The molecule has 1 heterocycles. The Balaban J connectivity index is 1.53. The number of oxazole rings is 1. The summed E-state index contributed by atoms with van der Waals surface area (Å²) in [5.74, 6) is 1.06. The van der Waals surface area contributed by atoms with E-state index >= 15 is 0 Å². The van der Waals surface area contributed by atoms with E-state index in [2.05, 4.69) is 15.6 Å². The van der Waals surface area contributed by atoms with Gasteiger partial charge in [-0.2, -0.15) is 0 Å². The SMILES string of the molecule is CCOc1cc(C(=O)NC(=S)Nc2ccc(O)c(-c3nc4ccc(C)cc4o3)c2)cc(OCC)c1OCC. The maximum Gasteiger partial charge on any atom is 0.257 e. The van der Waals surface area contributed by atoms with Crippen molar-refractivity contribution in [2.45, 2.75) is 27.7 Å². The molecule has 3 N–H and O–H groups in total. The van der Waals surface area contributed by atoms with Crippen molar-refractivity contribution in [1.29, 1.82) is 0 Å². The van der Waals surface area contributed by atoms with Crippen LogP contribution < -0.4 is 24.8 Å². The molecule has 0 spiro atoms. The third kappa shape index (κ3) is 5.97. The number of thiocarbonyl (C=S) groups is 1. The number of aromatic hydroxyl groups is 1. The molecule has 4 aromatic rings. The third-order valence-electron chi connectivity index (χ3n) is 5.43. The topological polar surface area (TPSA) is 115 Å². The van der Waals surface area contributed by atoms with Gasteiger partial charge in [0.05, 0.1) is 25.4 Å². The molecule has 1 amide bonds. The number of amides is 1. The Morgan fingerprint density at radius 2 is 1.66 bits per heavy atom. The van der Waals surface area contributed by atoms with Gasteiger partial charge in [0.15, 0.2) is 22.2 Å². The highest BCUT2D eigenvalue weighted by Crippen LogP contribution is 2.39. The smallest absolute Gasteiger partial charge is 0.257 e. The number of nitrogens with zero attached hydrogens (tertiary/aromatic N) is 1. The minimum absolute atomic E-state index is 0.00456. The average Bonchev–Trinajstić information content (AvgIpc) is 3.30. The number of carbonyl (C=O) groups excluding carboxylic acids is 1. The quantitative estimate of drug-likeness (QED) is 0.180. The zero-order chi connectivity index (χ0) is 27.2. The molecular weight excluding hydrogens is 506 g/mol. The molecule has 0 fully saturated rings. The van der Waals surface area contributed by atoms with Crippen LogP contribution in [0.25, 0.3) is 22.6 Å². The van der Waals surface area contributed by atoms with Crippen molar-refractivity contribution in [3.63, 3.8) is 0 Å². The zero-order valence-corrected chi connectivity index (χ0v) is 22.4. The molecule has 0 bridgehead atoms. The number of carbonyl (C=O) groups is 1. The highest BCUT2D eigenvalue weighted by atomic mass is 32.1. The van der Waals surface area contributed by atoms with Crippen molar-refractivity contribution >= 4 is 40.0 Å². The molecule has 0 saturated carbocycles. The number of aromatic nitrogens is 1. The molecule has 198 valence electrons. The number of phenolic OH excluding ortho intramolecular Hbond substituents is 1. The van der Waals surface area contributed by atoms with E-state index in [0.29, 0.717) is 59.4 Å². The minimum atomic E-state index is -0.458. The van der Waals surface area contributed by atoms with Crippen LogP contribution in [0.4, 0.5) is 5.69 Å². The zero-order valence-electron chi connectivity index (χ0n) is 21.6. The number of aryl methyl sites for hydroxylation is 1. The number of fused-ring (bicyclic) bond motifs is 1. The second kappa shape index (κ2) is 11.8. The van der Waals surface area contributed by atoms with Gasteiger partial charge in [0, 0.05) is 11.3 Å². The predicted molar refractivity (Wildman–Crippen MR) is 149 cm³/mol. The van der Waals surface area contributed by atoms with Gasteiger partial charge in [-0.05, 0) is 87.9 Å². The molecule has 0 aliphatic carbocycles. The fourth-order valence-corrected chi connectivity index (χ4v) is 4.00. The number of hydrogen-bond acceptors (Lipinski definition) is 8. The molecular formula is C28H29N3O6S. The lowest BCUT2D eigenvalue weighted by Crippen LogP contribution is -2.34. The number of benzene rings is 3. The van der Waals surface area contributed by atoms with Gasteiger partial charge >= 0.3 is 0 Å². The monoisotopic (exact) mass is 535 g/mol. The summed E-state index contributed by atoms with van der Waals surface area (Å²) >= 11 is 5.38. The van der Waals surface area contributed by atoms with Crippen molar-refractivity contribution in [3.8, 4) is 34.5 Å². The van der Waals surface area contributed by atoms with Crippen molar-refractivity contribution in [3.05, 3.63) is 59.7 Å². The predicted octanol–water partition coefficient (Wildman–Crippen LogP) is 5.83. The number of hydrogen-bond donors (Lipinski definition) is 3. The lowest BCUT2D eigenvalue weighted by molar-refractivity contribution is 0.0976. The van der Waals surface area contributed by atoms with Gasteiger partial charge in [-0.3, -0.25) is 10.1 Å².